The highest BCUT2D eigenvalue weighted by Crippen LogP contribution is 1.97. The number of aryl methyl sites for hydroxylation is 1. The summed E-state index contributed by atoms with van der Waals surface area (Å²) in [6.07, 6.45) is 1.25. The number of nitrogens with zero attached hydrogens (tertiary/aromatic N) is 2. The first-order valence-corrected chi connectivity index (χ1v) is 6.57. The number of aromatic nitrogens is 2. The van der Waals surface area contributed by atoms with Crippen molar-refractivity contribution in [2.45, 2.75) is 13.5 Å². The SMILES string of the molecule is CCS(=O)(=O)CCn1cnc(Cl)cc1=O. The molecular weight excluding hydrogens is 240 g/mol. The lowest BCUT2D eigenvalue weighted by molar-refractivity contribution is 0.587. The molecule has 0 amide bonds. The molecule has 15 heavy (non-hydrogen) atoms. The number of sulfone groups is 1. The van der Waals surface area contributed by atoms with Crippen molar-refractivity contribution >= 4 is 21.4 Å². The van der Waals surface area contributed by atoms with Crippen LogP contribution in [0.25, 0.3) is 0 Å². The molecule has 0 unspecified atom stereocenters. The Kier molecular flexibility index (Phi) is 3.87. The molecule has 1 aromatic heterocycles. The summed E-state index contributed by atoms with van der Waals surface area (Å²) in [4.78, 5) is 15.0. The zero-order chi connectivity index (χ0) is 11.5. The summed E-state index contributed by atoms with van der Waals surface area (Å²) in [5.41, 5.74) is -0.346. The van der Waals surface area contributed by atoms with Gasteiger partial charge in [-0.2, -0.15) is 0 Å². The molecule has 0 fully saturated rings. The summed E-state index contributed by atoms with van der Waals surface area (Å²) in [5, 5.41) is 0.106. The molecule has 0 aromatic carbocycles. The first kappa shape index (κ1) is 12.2. The number of rotatable bonds is 4. The van der Waals surface area contributed by atoms with Gasteiger partial charge in [-0.15, -0.1) is 0 Å². The van der Waals surface area contributed by atoms with E-state index in [1.165, 1.54) is 10.9 Å². The third-order valence-electron chi connectivity index (χ3n) is 1.93. The lowest BCUT2D eigenvalue weighted by atomic mass is 10.6. The molecule has 0 N–H and O–H groups in total. The van der Waals surface area contributed by atoms with E-state index < -0.39 is 9.84 Å². The molecule has 5 nitrogen and oxygen atoms in total. The Morgan fingerprint density at radius 2 is 2.20 bits per heavy atom. The van der Waals surface area contributed by atoms with Gasteiger partial charge in [0, 0.05) is 18.4 Å². The van der Waals surface area contributed by atoms with Crippen LogP contribution in [0.3, 0.4) is 0 Å². The van der Waals surface area contributed by atoms with E-state index in [0.29, 0.717) is 0 Å². The fourth-order valence-corrected chi connectivity index (χ4v) is 1.85. The van der Waals surface area contributed by atoms with Crippen LogP contribution in [-0.4, -0.2) is 29.5 Å². The zero-order valence-corrected chi connectivity index (χ0v) is 9.75. The fraction of sp³-hybridized carbons (Fsp3) is 0.500. The molecule has 0 saturated heterocycles. The summed E-state index contributed by atoms with van der Waals surface area (Å²) >= 11 is 5.49. The van der Waals surface area contributed by atoms with Crippen molar-refractivity contribution < 1.29 is 8.42 Å². The van der Waals surface area contributed by atoms with Gasteiger partial charge in [-0.1, -0.05) is 18.5 Å². The minimum absolute atomic E-state index is 0.0628. The molecule has 0 spiro atoms. The second-order valence-corrected chi connectivity index (χ2v) is 5.84. The van der Waals surface area contributed by atoms with Crippen LogP contribution in [-0.2, 0) is 16.4 Å². The topological polar surface area (TPSA) is 69.0 Å². The van der Waals surface area contributed by atoms with Crippen molar-refractivity contribution in [3.8, 4) is 0 Å². The van der Waals surface area contributed by atoms with Crippen molar-refractivity contribution in [1.29, 1.82) is 0 Å². The van der Waals surface area contributed by atoms with Gasteiger partial charge in [0.25, 0.3) is 5.56 Å². The van der Waals surface area contributed by atoms with Gasteiger partial charge in [0.1, 0.15) is 5.15 Å². The van der Waals surface area contributed by atoms with Gasteiger partial charge in [0.15, 0.2) is 9.84 Å². The van der Waals surface area contributed by atoms with E-state index >= 15 is 0 Å². The van der Waals surface area contributed by atoms with E-state index in [9.17, 15) is 13.2 Å². The molecule has 0 aliphatic rings. The van der Waals surface area contributed by atoms with Crippen molar-refractivity contribution in [3.63, 3.8) is 0 Å². The first-order valence-electron chi connectivity index (χ1n) is 4.37. The van der Waals surface area contributed by atoms with E-state index in [2.05, 4.69) is 4.98 Å². The number of halogens is 1. The third kappa shape index (κ3) is 3.64. The summed E-state index contributed by atoms with van der Waals surface area (Å²) in [6.45, 7) is 1.68. The molecular formula is C8H11ClN2O3S. The van der Waals surface area contributed by atoms with Gasteiger partial charge in [-0.25, -0.2) is 13.4 Å². The molecule has 0 aliphatic carbocycles. The maximum Gasteiger partial charge on any atom is 0.254 e. The fourth-order valence-electron chi connectivity index (χ4n) is 0.954. The third-order valence-corrected chi connectivity index (χ3v) is 3.82. The van der Waals surface area contributed by atoms with Gasteiger partial charge in [0.2, 0.25) is 0 Å². The monoisotopic (exact) mass is 250 g/mol. The van der Waals surface area contributed by atoms with Crippen LogP contribution in [0, 0.1) is 0 Å². The van der Waals surface area contributed by atoms with Crippen LogP contribution >= 0.6 is 11.6 Å². The first-order chi connectivity index (χ1) is 6.94. The quantitative estimate of drug-likeness (QED) is 0.723. The molecule has 0 aliphatic heterocycles. The van der Waals surface area contributed by atoms with Crippen molar-refractivity contribution in [2.75, 3.05) is 11.5 Å². The van der Waals surface area contributed by atoms with Gasteiger partial charge < -0.3 is 0 Å². The van der Waals surface area contributed by atoms with E-state index in [4.69, 9.17) is 11.6 Å². The smallest absolute Gasteiger partial charge is 0.254 e. The van der Waals surface area contributed by atoms with E-state index in [1.54, 1.807) is 6.92 Å². The Hall–Kier alpha value is -0.880. The number of hydrogen-bond donors (Lipinski definition) is 0. The van der Waals surface area contributed by atoms with Gasteiger partial charge in [0.05, 0.1) is 12.1 Å². The minimum Gasteiger partial charge on any atom is -0.298 e. The molecule has 84 valence electrons. The largest absolute Gasteiger partial charge is 0.298 e. The highest BCUT2D eigenvalue weighted by molar-refractivity contribution is 7.91. The molecule has 1 aromatic rings. The van der Waals surface area contributed by atoms with Gasteiger partial charge in [-0.3, -0.25) is 9.36 Å². The average molecular weight is 251 g/mol. The number of hydrogen-bond acceptors (Lipinski definition) is 4. The predicted octanol–water partition coefficient (Wildman–Crippen LogP) is 0.331. The lowest BCUT2D eigenvalue weighted by Gasteiger charge is -2.04. The van der Waals surface area contributed by atoms with E-state index in [1.807, 2.05) is 0 Å². The van der Waals surface area contributed by atoms with E-state index in [-0.39, 0.29) is 28.8 Å². The second kappa shape index (κ2) is 4.76. The average Bonchev–Trinajstić information content (AvgIpc) is 2.16. The van der Waals surface area contributed by atoms with Crippen LogP contribution in [0.15, 0.2) is 17.2 Å². The highest BCUT2D eigenvalue weighted by atomic mass is 35.5. The van der Waals surface area contributed by atoms with Crippen LogP contribution < -0.4 is 5.56 Å². The van der Waals surface area contributed by atoms with Crippen LogP contribution in [0.2, 0.25) is 5.15 Å². The van der Waals surface area contributed by atoms with Crippen LogP contribution in [0.5, 0.6) is 0 Å². The lowest BCUT2D eigenvalue weighted by Crippen LogP contribution is -2.24. The Morgan fingerprint density at radius 1 is 1.53 bits per heavy atom. The molecule has 1 heterocycles. The predicted molar refractivity (Wildman–Crippen MR) is 57.8 cm³/mol. The summed E-state index contributed by atoms with van der Waals surface area (Å²) < 4.78 is 23.6. The van der Waals surface area contributed by atoms with E-state index in [0.717, 1.165) is 6.07 Å². The maximum atomic E-state index is 11.3. The van der Waals surface area contributed by atoms with Gasteiger partial charge in [-0.05, 0) is 0 Å². The van der Waals surface area contributed by atoms with Crippen molar-refractivity contribution in [2.24, 2.45) is 0 Å². The zero-order valence-electron chi connectivity index (χ0n) is 8.18. The van der Waals surface area contributed by atoms with Crippen LogP contribution in [0.4, 0.5) is 0 Å². The van der Waals surface area contributed by atoms with Gasteiger partial charge >= 0.3 is 0 Å². The Bertz CT molecular complexity index is 495. The van der Waals surface area contributed by atoms with Crippen molar-refractivity contribution in [1.82, 2.24) is 9.55 Å². The second-order valence-electron chi connectivity index (χ2n) is 2.98. The Morgan fingerprint density at radius 3 is 2.73 bits per heavy atom. The molecule has 0 saturated carbocycles. The normalized spacial score (nSPS) is 11.6. The van der Waals surface area contributed by atoms with Crippen LogP contribution in [0.1, 0.15) is 6.92 Å². The Balaban J connectivity index is 2.79. The summed E-state index contributed by atoms with van der Waals surface area (Å²) in [7, 11) is -3.07. The molecule has 1 rings (SSSR count). The Labute approximate surface area is 92.6 Å². The maximum absolute atomic E-state index is 11.3. The standard InChI is InChI=1S/C8H11ClN2O3S/c1-2-15(13,14)4-3-11-6-10-7(9)5-8(11)12/h5-6H,2-4H2,1H3. The van der Waals surface area contributed by atoms with Crippen molar-refractivity contribution in [3.05, 3.63) is 27.9 Å². The molecule has 0 radical (unpaired) electrons. The summed E-state index contributed by atoms with van der Waals surface area (Å²) in [6, 6.07) is 1.15. The summed E-state index contributed by atoms with van der Waals surface area (Å²) in [5.74, 6) is 0.00941. The minimum atomic E-state index is -3.07. The molecule has 0 bridgehead atoms. The molecule has 0 atom stereocenters. The molecule has 7 heteroatoms. The highest BCUT2D eigenvalue weighted by Gasteiger charge is 2.08.